The Morgan fingerprint density at radius 3 is 2.33 bits per heavy atom. The largest absolute Gasteiger partial charge is 0.480 e. The molecule has 24 heavy (non-hydrogen) atoms. The molecule has 2 N–H and O–H groups in total. The molecule has 0 aromatic heterocycles. The molecule has 1 rings (SSSR count). The van der Waals surface area contributed by atoms with E-state index in [1.807, 2.05) is 0 Å². The Labute approximate surface area is 142 Å². The van der Waals surface area contributed by atoms with E-state index in [1.54, 1.807) is 0 Å². The zero-order valence-corrected chi connectivity index (χ0v) is 14.5. The van der Waals surface area contributed by atoms with E-state index in [2.05, 4.69) is 5.32 Å². The number of carbonyl (C=O) groups excluding carboxylic acids is 1. The van der Waals surface area contributed by atoms with Gasteiger partial charge >= 0.3 is 5.97 Å². The first-order valence-corrected chi connectivity index (χ1v) is 8.40. The molecule has 0 saturated carbocycles. The van der Waals surface area contributed by atoms with Gasteiger partial charge in [0.05, 0.1) is 5.69 Å². The molecular formula is C13H15ClF2N2O5S. The van der Waals surface area contributed by atoms with Crippen LogP contribution in [0.2, 0.25) is 5.02 Å². The Morgan fingerprint density at radius 1 is 1.38 bits per heavy atom. The van der Waals surface area contributed by atoms with E-state index in [-0.39, 0.29) is 0 Å². The monoisotopic (exact) mass is 384 g/mol. The lowest BCUT2D eigenvalue weighted by Crippen LogP contribution is -2.41. The Bertz CT molecular complexity index is 783. The highest BCUT2D eigenvalue weighted by molar-refractivity contribution is 7.89. The van der Waals surface area contributed by atoms with E-state index >= 15 is 0 Å². The number of sulfonamides is 1. The van der Waals surface area contributed by atoms with Gasteiger partial charge in [-0.25, -0.2) is 17.2 Å². The van der Waals surface area contributed by atoms with Crippen molar-refractivity contribution in [1.29, 1.82) is 0 Å². The van der Waals surface area contributed by atoms with Crippen LogP contribution in [-0.2, 0) is 19.6 Å². The van der Waals surface area contributed by atoms with Crippen molar-refractivity contribution in [2.24, 2.45) is 0 Å². The fourth-order valence-corrected chi connectivity index (χ4v) is 3.85. The quantitative estimate of drug-likeness (QED) is 0.730. The minimum absolute atomic E-state index is 0.422. The van der Waals surface area contributed by atoms with E-state index in [1.165, 1.54) is 13.8 Å². The van der Waals surface area contributed by atoms with Crippen molar-refractivity contribution in [2.45, 2.75) is 31.7 Å². The number of carboxylic acid groups (broad SMARTS) is 1. The van der Waals surface area contributed by atoms with Gasteiger partial charge in [-0.2, -0.15) is 4.31 Å². The minimum Gasteiger partial charge on any atom is -0.480 e. The van der Waals surface area contributed by atoms with Crippen LogP contribution in [0.4, 0.5) is 14.5 Å². The van der Waals surface area contributed by atoms with Crippen LogP contribution >= 0.6 is 11.6 Å². The first-order valence-electron chi connectivity index (χ1n) is 6.58. The first kappa shape index (κ1) is 20.3. The number of halogens is 3. The van der Waals surface area contributed by atoms with Gasteiger partial charge in [0.1, 0.15) is 17.4 Å². The van der Waals surface area contributed by atoms with Gasteiger partial charge in [-0.15, -0.1) is 0 Å². The summed E-state index contributed by atoms with van der Waals surface area (Å²) in [6.45, 7) is 2.79. The van der Waals surface area contributed by atoms with Gasteiger partial charge in [0.15, 0.2) is 10.7 Å². The molecule has 1 amide bonds. The van der Waals surface area contributed by atoms with Crippen LogP contribution in [0.15, 0.2) is 11.0 Å². The SMILES string of the molecule is CC(=O)Nc1cc(F)c(S(=O)(=O)N(CC(=O)O)C(C)C)c(F)c1Cl. The number of carboxylic acids is 1. The highest BCUT2D eigenvalue weighted by atomic mass is 35.5. The maximum atomic E-state index is 14.4. The van der Waals surface area contributed by atoms with E-state index in [0.29, 0.717) is 10.4 Å². The molecule has 0 fully saturated rings. The van der Waals surface area contributed by atoms with Crippen molar-refractivity contribution in [3.63, 3.8) is 0 Å². The zero-order valence-electron chi connectivity index (χ0n) is 12.9. The number of amides is 1. The molecule has 0 saturated heterocycles. The lowest BCUT2D eigenvalue weighted by Gasteiger charge is -2.25. The summed E-state index contributed by atoms with van der Waals surface area (Å²) < 4.78 is 53.9. The third-order valence-electron chi connectivity index (χ3n) is 2.86. The maximum Gasteiger partial charge on any atom is 0.318 e. The zero-order chi connectivity index (χ0) is 18.8. The number of nitrogens with one attached hydrogen (secondary N) is 1. The summed E-state index contributed by atoms with van der Waals surface area (Å²) in [6, 6.07) is -0.322. The maximum absolute atomic E-state index is 14.4. The van der Waals surface area contributed by atoms with Crippen molar-refractivity contribution < 1.29 is 31.9 Å². The number of anilines is 1. The van der Waals surface area contributed by atoms with Crippen molar-refractivity contribution >= 4 is 39.2 Å². The second kappa shape index (κ2) is 7.41. The molecule has 11 heteroatoms. The van der Waals surface area contributed by atoms with Crippen LogP contribution in [0.25, 0.3) is 0 Å². The van der Waals surface area contributed by atoms with E-state index < -0.39 is 61.7 Å². The van der Waals surface area contributed by atoms with Crippen molar-refractivity contribution in [1.82, 2.24) is 4.31 Å². The van der Waals surface area contributed by atoms with Crippen molar-refractivity contribution in [3.8, 4) is 0 Å². The molecular weight excluding hydrogens is 370 g/mol. The number of hydrogen-bond acceptors (Lipinski definition) is 4. The number of benzene rings is 1. The Balaban J connectivity index is 3.57. The predicted octanol–water partition coefficient (Wildman–Crippen LogP) is 2.06. The second-order valence-electron chi connectivity index (χ2n) is 5.08. The summed E-state index contributed by atoms with van der Waals surface area (Å²) in [5, 5.41) is 10.1. The van der Waals surface area contributed by atoms with Gasteiger partial charge in [0.2, 0.25) is 15.9 Å². The highest BCUT2D eigenvalue weighted by Gasteiger charge is 2.35. The van der Waals surface area contributed by atoms with Crippen molar-refractivity contribution in [3.05, 3.63) is 22.7 Å². The molecule has 0 aliphatic rings. The molecule has 1 aromatic rings. The topological polar surface area (TPSA) is 104 Å². The van der Waals surface area contributed by atoms with Crippen LogP contribution in [0, 0.1) is 11.6 Å². The smallest absolute Gasteiger partial charge is 0.318 e. The van der Waals surface area contributed by atoms with Crippen molar-refractivity contribution in [2.75, 3.05) is 11.9 Å². The highest BCUT2D eigenvalue weighted by Crippen LogP contribution is 2.34. The fraction of sp³-hybridized carbons (Fsp3) is 0.385. The average molecular weight is 385 g/mol. The first-order chi connectivity index (χ1) is 10.9. The van der Waals surface area contributed by atoms with Gasteiger partial charge in [0.25, 0.3) is 0 Å². The van der Waals surface area contributed by atoms with Gasteiger partial charge in [-0.1, -0.05) is 11.6 Å². The lowest BCUT2D eigenvalue weighted by atomic mass is 10.3. The van der Waals surface area contributed by atoms with Gasteiger partial charge in [0, 0.05) is 19.0 Å². The Morgan fingerprint density at radius 2 is 1.92 bits per heavy atom. The molecule has 0 bridgehead atoms. The molecule has 7 nitrogen and oxygen atoms in total. The summed E-state index contributed by atoms with van der Waals surface area (Å²) in [6.07, 6.45) is 0. The van der Waals surface area contributed by atoms with E-state index in [0.717, 1.165) is 6.92 Å². The summed E-state index contributed by atoms with van der Waals surface area (Å²) in [4.78, 5) is 20.4. The molecule has 0 aliphatic carbocycles. The number of aliphatic carboxylic acids is 1. The van der Waals surface area contributed by atoms with Crippen LogP contribution in [-0.4, -0.2) is 42.3 Å². The molecule has 0 spiro atoms. The van der Waals surface area contributed by atoms with Gasteiger partial charge in [-0.05, 0) is 13.8 Å². The number of nitrogens with zero attached hydrogens (tertiary/aromatic N) is 1. The predicted molar refractivity (Wildman–Crippen MR) is 82.3 cm³/mol. The summed E-state index contributed by atoms with van der Waals surface area (Å²) >= 11 is 5.65. The summed E-state index contributed by atoms with van der Waals surface area (Å²) in [5.74, 6) is -5.27. The molecule has 1 aromatic carbocycles. The number of hydrogen-bond donors (Lipinski definition) is 2. The number of carbonyl (C=O) groups is 2. The fourth-order valence-electron chi connectivity index (χ4n) is 1.89. The molecule has 0 unspecified atom stereocenters. The van der Waals surface area contributed by atoms with E-state index in [9.17, 15) is 26.8 Å². The molecule has 0 heterocycles. The van der Waals surface area contributed by atoms with Crippen LogP contribution in [0.5, 0.6) is 0 Å². The van der Waals surface area contributed by atoms with E-state index in [4.69, 9.17) is 16.7 Å². The second-order valence-corrected chi connectivity index (χ2v) is 7.29. The summed E-state index contributed by atoms with van der Waals surface area (Å²) in [7, 11) is -4.82. The standard InChI is InChI=1S/C13H15ClF2N2O5S/c1-6(2)18(5-10(20)21)24(22,23)13-8(15)4-9(17-7(3)19)11(14)12(13)16/h4,6H,5H2,1-3H3,(H,17,19)(H,20,21). The summed E-state index contributed by atoms with van der Waals surface area (Å²) in [5.41, 5.74) is -0.438. The molecule has 0 atom stereocenters. The van der Waals surface area contributed by atoms with Gasteiger partial charge < -0.3 is 10.4 Å². The third-order valence-corrected chi connectivity index (χ3v) is 5.29. The molecule has 134 valence electrons. The Kier molecular flexibility index (Phi) is 6.26. The molecule has 0 radical (unpaired) electrons. The molecule has 0 aliphatic heterocycles. The number of rotatable bonds is 6. The average Bonchev–Trinajstić information content (AvgIpc) is 2.40. The normalized spacial score (nSPS) is 11.8. The van der Waals surface area contributed by atoms with Crippen LogP contribution in [0.3, 0.4) is 0 Å². The van der Waals surface area contributed by atoms with Gasteiger partial charge in [-0.3, -0.25) is 9.59 Å². The van der Waals surface area contributed by atoms with Crippen LogP contribution < -0.4 is 5.32 Å². The Hall–Kier alpha value is -1.78. The lowest BCUT2D eigenvalue weighted by molar-refractivity contribution is -0.137. The third kappa shape index (κ3) is 4.19. The minimum atomic E-state index is -4.82. The van der Waals surface area contributed by atoms with Crippen LogP contribution in [0.1, 0.15) is 20.8 Å².